The van der Waals surface area contributed by atoms with E-state index in [1.54, 1.807) is 26.4 Å². The van der Waals surface area contributed by atoms with Gasteiger partial charge in [0.2, 0.25) is 5.91 Å². The first kappa shape index (κ1) is 17.7. The van der Waals surface area contributed by atoms with Crippen molar-refractivity contribution in [3.8, 4) is 11.5 Å². The number of nitrogens with two attached hydrogens (primary N) is 1. The Morgan fingerprint density at radius 3 is 2.25 bits per heavy atom. The van der Waals surface area contributed by atoms with Gasteiger partial charge >= 0.3 is 0 Å². The van der Waals surface area contributed by atoms with Gasteiger partial charge in [0.15, 0.2) is 11.5 Å². The van der Waals surface area contributed by atoms with Gasteiger partial charge in [0, 0.05) is 12.2 Å². The van der Waals surface area contributed by atoms with Crippen LogP contribution in [0.3, 0.4) is 0 Å². The summed E-state index contributed by atoms with van der Waals surface area (Å²) in [6.07, 6.45) is 0. The van der Waals surface area contributed by atoms with Gasteiger partial charge in [-0.25, -0.2) is 0 Å². The number of nitrogen functional groups attached to an aromatic ring is 1. The van der Waals surface area contributed by atoms with Gasteiger partial charge in [-0.1, -0.05) is 18.2 Å². The van der Waals surface area contributed by atoms with Crippen molar-refractivity contribution >= 4 is 11.6 Å². The van der Waals surface area contributed by atoms with Crippen LogP contribution in [0, 0.1) is 0 Å². The zero-order chi connectivity index (χ0) is 17.7. The molecule has 0 heterocycles. The fourth-order valence-electron chi connectivity index (χ4n) is 2.42. The van der Waals surface area contributed by atoms with E-state index in [4.69, 9.17) is 15.2 Å². The molecular formula is C19H24N2O3. The fraction of sp³-hybridized carbons (Fsp3) is 0.316. The minimum Gasteiger partial charge on any atom is -0.493 e. The Morgan fingerprint density at radius 1 is 1.04 bits per heavy atom. The van der Waals surface area contributed by atoms with Crippen LogP contribution in [0.4, 0.5) is 5.69 Å². The number of hydrogen-bond acceptors (Lipinski definition) is 4. The summed E-state index contributed by atoms with van der Waals surface area (Å²) < 4.78 is 10.5. The van der Waals surface area contributed by atoms with E-state index in [0.717, 1.165) is 11.1 Å². The molecule has 2 aromatic rings. The van der Waals surface area contributed by atoms with Gasteiger partial charge in [-0.3, -0.25) is 4.79 Å². The van der Waals surface area contributed by atoms with Crippen molar-refractivity contribution in [3.05, 3.63) is 53.6 Å². The summed E-state index contributed by atoms with van der Waals surface area (Å²) in [5.41, 5.74) is 7.60. The third kappa shape index (κ3) is 3.79. The largest absolute Gasteiger partial charge is 0.493 e. The van der Waals surface area contributed by atoms with Gasteiger partial charge in [0.25, 0.3) is 0 Å². The second-order valence-electron chi connectivity index (χ2n) is 6.12. The monoisotopic (exact) mass is 328 g/mol. The summed E-state index contributed by atoms with van der Waals surface area (Å²) in [5.74, 6) is 1.25. The zero-order valence-electron chi connectivity index (χ0n) is 14.6. The quantitative estimate of drug-likeness (QED) is 0.800. The summed E-state index contributed by atoms with van der Waals surface area (Å²) >= 11 is 0. The van der Waals surface area contributed by atoms with Gasteiger partial charge in [0.05, 0.1) is 19.6 Å². The van der Waals surface area contributed by atoms with Crippen LogP contribution in [0.25, 0.3) is 0 Å². The molecule has 1 amide bonds. The highest BCUT2D eigenvalue weighted by atomic mass is 16.5. The molecule has 0 saturated heterocycles. The van der Waals surface area contributed by atoms with E-state index in [-0.39, 0.29) is 5.91 Å². The van der Waals surface area contributed by atoms with Crippen LogP contribution in [0.1, 0.15) is 25.0 Å². The molecule has 0 aromatic heterocycles. The van der Waals surface area contributed by atoms with Crippen LogP contribution in [0.15, 0.2) is 42.5 Å². The third-order valence-electron chi connectivity index (χ3n) is 4.10. The Bertz CT molecular complexity index is 709. The van der Waals surface area contributed by atoms with E-state index < -0.39 is 5.41 Å². The van der Waals surface area contributed by atoms with E-state index in [1.165, 1.54) is 0 Å². The molecule has 5 heteroatoms. The number of ether oxygens (including phenoxy) is 2. The molecule has 0 radical (unpaired) electrons. The minimum atomic E-state index is -0.649. The lowest BCUT2D eigenvalue weighted by Gasteiger charge is -2.24. The highest BCUT2D eigenvalue weighted by Gasteiger charge is 2.29. The molecular weight excluding hydrogens is 304 g/mol. The van der Waals surface area contributed by atoms with Gasteiger partial charge < -0.3 is 20.5 Å². The Balaban J connectivity index is 2.08. The molecule has 128 valence electrons. The average molecular weight is 328 g/mol. The number of carbonyl (C=O) groups excluding carboxylic acids is 1. The van der Waals surface area contributed by atoms with Gasteiger partial charge in [0.1, 0.15) is 0 Å². The first-order valence-electron chi connectivity index (χ1n) is 7.73. The number of benzene rings is 2. The van der Waals surface area contributed by atoms with Gasteiger partial charge in [-0.05, 0) is 49.2 Å². The van der Waals surface area contributed by atoms with Crippen LogP contribution >= 0.6 is 0 Å². The number of rotatable bonds is 6. The average Bonchev–Trinajstić information content (AvgIpc) is 2.59. The van der Waals surface area contributed by atoms with E-state index in [0.29, 0.717) is 23.7 Å². The molecule has 0 aliphatic heterocycles. The molecule has 0 aliphatic carbocycles. The van der Waals surface area contributed by atoms with E-state index in [1.807, 2.05) is 44.2 Å². The molecule has 5 nitrogen and oxygen atoms in total. The molecule has 0 unspecified atom stereocenters. The molecule has 0 spiro atoms. The Kier molecular flexibility index (Phi) is 5.34. The van der Waals surface area contributed by atoms with E-state index in [2.05, 4.69) is 5.32 Å². The van der Waals surface area contributed by atoms with Crippen LogP contribution in [0.5, 0.6) is 11.5 Å². The molecule has 0 fully saturated rings. The molecule has 24 heavy (non-hydrogen) atoms. The SMILES string of the molecule is COc1ccc(CNC(=O)C(C)(C)c2ccc(N)cc2)cc1OC. The molecule has 0 saturated carbocycles. The van der Waals surface area contributed by atoms with Gasteiger partial charge in [-0.15, -0.1) is 0 Å². The van der Waals surface area contributed by atoms with E-state index in [9.17, 15) is 4.79 Å². The second kappa shape index (κ2) is 7.25. The van der Waals surface area contributed by atoms with E-state index >= 15 is 0 Å². The lowest BCUT2D eigenvalue weighted by molar-refractivity contribution is -0.125. The molecule has 3 N–H and O–H groups in total. The summed E-state index contributed by atoms with van der Waals surface area (Å²) in [4.78, 5) is 12.6. The lowest BCUT2D eigenvalue weighted by atomic mass is 9.83. The smallest absolute Gasteiger partial charge is 0.230 e. The third-order valence-corrected chi connectivity index (χ3v) is 4.10. The second-order valence-corrected chi connectivity index (χ2v) is 6.12. The van der Waals surface area contributed by atoms with Crippen LogP contribution in [0.2, 0.25) is 0 Å². The van der Waals surface area contributed by atoms with Crippen molar-refractivity contribution < 1.29 is 14.3 Å². The van der Waals surface area contributed by atoms with Crippen LogP contribution < -0.4 is 20.5 Å². The Labute approximate surface area is 142 Å². The number of carbonyl (C=O) groups is 1. The summed E-state index contributed by atoms with van der Waals surface area (Å²) in [6, 6.07) is 13.0. The fourth-order valence-corrected chi connectivity index (χ4v) is 2.42. The maximum Gasteiger partial charge on any atom is 0.230 e. The standard InChI is InChI=1S/C19H24N2O3/c1-19(2,14-6-8-15(20)9-7-14)18(22)21-12-13-5-10-16(23-3)17(11-13)24-4/h5-11H,12,20H2,1-4H3,(H,21,22). The Hall–Kier alpha value is -2.69. The maximum atomic E-state index is 12.6. The lowest BCUT2D eigenvalue weighted by Crippen LogP contribution is -2.39. The van der Waals surface area contributed by atoms with Crippen molar-refractivity contribution in [1.29, 1.82) is 0 Å². The van der Waals surface area contributed by atoms with Crippen molar-refractivity contribution in [1.82, 2.24) is 5.32 Å². The zero-order valence-corrected chi connectivity index (χ0v) is 14.6. The maximum absolute atomic E-state index is 12.6. The number of amides is 1. The minimum absolute atomic E-state index is 0.0537. The summed E-state index contributed by atoms with van der Waals surface area (Å²) in [5, 5.41) is 2.97. The molecule has 0 atom stereocenters. The van der Waals surface area contributed by atoms with Crippen molar-refractivity contribution in [2.24, 2.45) is 0 Å². The first-order chi connectivity index (χ1) is 11.4. The molecule has 2 aromatic carbocycles. The predicted molar refractivity (Wildman–Crippen MR) is 95.3 cm³/mol. The highest BCUT2D eigenvalue weighted by Crippen LogP contribution is 2.28. The van der Waals surface area contributed by atoms with Crippen LogP contribution in [-0.2, 0) is 16.8 Å². The molecule has 0 aliphatic rings. The number of hydrogen-bond donors (Lipinski definition) is 2. The van der Waals surface area contributed by atoms with Crippen LogP contribution in [-0.4, -0.2) is 20.1 Å². The van der Waals surface area contributed by atoms with Crippen molar-refractivity contribution in [3.63, 3.8) is 0 Å². The van der Waals surface area contributed by atoms with Gasteiger partial charge in [-0.2, -0.15) is 0 Å². The molecule has 2 rings (SSSR count). The number of nitrogens with one attached hydrogen (secondary N) is 1. The number of methoxy groups -OCH3 is 2. The summed E-state index contributed by atoms with van der Waals surface area (Å²) in [7, 11) is 3.18. The number of anilines is 1. The normalized spacial score (nSPS) is 11.0. The van der Waals surface area contributed by atoms with Crippen molar-refractivity contribution in [2.45, 2.75) is 25.8 Å². The molecule has 0 bridgehead atoms. The first-order valence-corrected chi connectivity index (χ1v) is 7.73. The van der Waals surface area contributed by atoms with Crippen molar-refractivity contribution in [2.75, 3.05) is 20.0 Å². The summed E-state index contributed by atoms with van der Waals surface area (Å²) in [6.45, 7) is 4.20. The highest BCUT2D eigenvalue weighted by molar-refractivity contribution is 5.87. The topological polar surface area (TPSA) is 73.6 Å². The predicted octanol–water partition coefficient (Wildman–Crippen LogP) is 2.88. The Morgan fingerprint density at radius 2 is 1.67 bits per heavy atom.